The largest absolute Gasteiger partial charge is 0.396 e. The first kappa shape index (κ1) is 9.45. The van der Waals surface area contributed by atoms with Gasteiger partial charge in [0.05, 0.1) is 5.69 Å². The van der Waals surface area contributed by atoms with Gasteiger partial charge in [0.1, 0.15) is 5.82 Å². The lowest BCUT2D eigenvalue weighted by Crippen LogP contribution is -2.02. The van der Waals surface area contributed by atoms with Crippen LogP contribution in [0.3, 0.4) is 0 Å². The van der Waals surface area contributed by atoms with Crippen LogP contribution in [0, 0.1) is 5.82 Å². The van der Waals surface area contributed by atoms with Crippen LogP contribution < -0.4 is 11.3 Å². The Kier molecular flexibility index (Phi) is 2.25. The number of pyridine rings is 1. The minimum Gasteiger partial charge on any atom is -0.396 e. The number of nitrogens with one attached hydrogen (secondary N) is 1. The number of benzene rings is 1. The molecule has 0 fully saturated rings. The van der Waals surface area contributed by atoms with Gasteiger partial charge < -0.3 is 10.7 Å². The highest BCUT2D eigenvalue weighted by Gasteiger charge is 2.02. The standard InChI is InChI=1S/C11H9FN2O/c12-9-5-7(1-2-10(9)13)8-3-4-14-11(15)6-8/h1-6H,13H2,(H,14,15). The van der Waals surface area contributed by atoms with Gasteiger partial charge in [-0.2, -0.15) is 0 Å². The van der Waals surface area contributed by atoms with E-state index in [0.717, 1.165) is 0 Å². The molecule has 0 unspecified atom stereocenters. The van der Waals surface area contributed by atoms with Crippen LogP contribution in [0.15, 0.2) is 41.3 Å². The molecule has 2 rings (SSSR count). The molecule has 0 atom stereocenters. The molecule has 0 aliphatic heterocycles. The first-order valence-electron chi connectivity index (χ1n) is 4.41. The van der Waals surface area contributed by atoms with E-state index < -0.39 is 5.82 Å². The summed E-state index contributed by atoms with van der Waals surface area (Å²) in [7, 11) is 0. The van der Waals surface area contributed by atoms with Crippen LogP contribution in [0.2, 0.25) is 0 Å². The number of anilines is 1. The predicted octanol–water partition coefficient (Wildman–Crippen LogP) is 1.76. The lowest BCUT2D eigenvalue weighted by Gasteiger charge is -2.02. The Bertz CT molecular complexity index is 548. The van der Waals surface area contributed by atoms with E-state index in [-0.39, 0.29) is 11.2 Å². The van der Waals surface area contributed by atoms with Crippen LogP contribution in [0.5, 0.6) is 0 Å². The number of aromatic amines is 1. The van der Waals surface area contributed by atoms with Crippen molar-refractivity contribution >= 4 is 5.69 Å². The number of aromatic nitrogens is 1. The van der Waals surface area contributed by atoms with E-state index in [2.05, 4.69) is 4.98 Å². The van der Waals surface area contributed by atoms with Gasteiger partial charge in [0.25, 0.3) is 0 Å². The van der Waals surface area contributed by atoms with Crippen molar-refractivity contribution in [3.05, 3.63) is 52.7 Å². The average molecular weight is 204 g/mol. The molecule has 0 aliphatic rings. The second-order valence-electron chi connectivity index (χ2n) is 3.18. The molecule has 0 spiro atoms. The molecule has 2 aromatic rings. The summed E-state index contributed by atoms with van der Waals surface area (Å²) in [5.41, 5.74) is 6.53. The predicted molar refractivity (Wildman–Crippen MR) is 56.9 cm³/mol. The molecule has 1 aromatic heterocycles. The Morgan fingerprint density at radius 3 is 2.53 bits per heavy atom. The normalized spacial score (nSPS) is 10.2. The van der Waals surface area contributed by atoms with Crippen molar-refractivity contribution < 1.29 is 4.39 Å². The maximum absolute atomic E-state index is 13.2. The molecule has 1 heterocycles. The third-order valence-corrected chi connectivity index (χ3v) is 2.11. The fraction of sp³-hybridized carbons (Fsp3) is 0. The monoisotopic (exact) mass is 204 g/mol. The molecule has 3 nitrogen and oxygen atoms in total. The first-order chi connectivity index (χ1) is 7.16. The highest BCUT2D eigenvalue weighted by molar-refractivity contribution is 5.65. The third-order valence-electron chi connectivity index (χ3n) is 2.11. The van der Waals surface area contributed by atoms with Gasteiger partial charge in [0.15, 0.2) is 0 Å². The van der Waals surface area contributed by atoms with Gasteiger partial charge in [-0.3, -0.25) is 4.79 Å². The zero-order chi connectivity index (χ0) is 10.8. The van der Waals surface area contributed by atoms with E-state index in [4.69, 9.17) is 5.73 Å². The maximum atomic E-state index is 13.2. The lowest BCUT2D eigenvalue weighted by atomic mass is 10.1. The number of H-pyrrole nitrogens is 1. The van der Waals surface area contributed by atoms with Crippen LogP contribution in [0.1, 0.15) is 0 Å². The SMILES string of the molecule is Nc1ccc(-c2cc[nH]c(=O)c2)cc1F. The summed E-state index contributed by atoms with van der Waals surface area (Å²) in [5.74, 6) is -0.479. The van der Waals surface area contributed by atoms with Crippen molar-refractivity contribution in [2.45, 2.75) is 0 Å². The number of hydrogen-bond acceptors (Lipinski definition) is 2. The van der Waals surface area contributed by atoms with Crippen molar-refractivity contribution in [1.29, 1.82) is 0 Å². The molecule has 0 amide bonds. The average Bonchev–Trinajstić information content (AvgIpc) is 2.22. The van der Waals surface area contributed by atoms with E-state index >= 15 is 0 Å². The second-order valence-corrected chi connectivity index (χ2v) is 3.18. The van der Waals surface area contributed by atoms with Gasteiger partial charge in [-0.05, 0) is 29.3 Å². The van der Waals surface area contributed by atoms with Gasteiger partial charge in [-0.15, -0.1) is 0 Å². The van der Waals surface area contributed by atoms with Gasteiger partial charge in [0.2, 0.25) is 5.56 Å². The maximum Gasteiger partial charge on any atom is 0.248 e. The Labute approximate surface area is 85.4 Å². The van der Waals surface area contributed by atoms with Crippen molar-refractivity contribution in [2.24, 2.45) is 0 Å². The Morgan fingerprint density at radius 1 is 1.13 bits per heavy atom. The number of nitrogen functional groups attached to an aromatic ring is 1. The van der Waals surface area contributed by atoms with Crippen molar-refractivity contribution in [3.8, 4) is 11.1 Å². The van der Waals surface area contributed by atoms with E-state index in [0.29, 0.717) is 11.1 Å². The van der Waals surface area contributed by atoms with E-state index in [1.807, 2.05) is 0 Å². The molecule has 0 saturated carbocycles. The summed E-state index contributed by atoms with van der Waals surface area (Å²) in [6, 6.07) is 7.57. The van der Waals surface area contributed by atoms with Crippen LogP contribution in [-0.4, -0.2) is 4.98 Å². The molecule has 0 saturated heterocycles. The highest BCUT2D eigenvalue weighted by Crippen LogP contribution is 2.21. The molecule has 0 bridgehead atoms. The first-order valence-corrected chi connectivity index (χ1v) is 4.41. The summed E-state index contributed by atoms with van der Waals surface area (Å²) in [6.45, 7) is 0. The van der Waals surface area contributed by atoms with Crippen LogP contribution in [0.4, 0.5) is 10.1 Å². The van der Waals surface area contributed by atoms with E-state index in [9.17, 15) is 9.18 Å². The van der Waals surface area contributed by atoms with Gasteiger partial charge in [-0.25, -0.2) is 4.39 Å². The van der Waals surface area contributed by atoms with Gasteiger partial charge in [0, 0.05) is 12.3 Å². The zero-order valence-electron chi connectivity index (χ0n) is 7.83. The van der Waals surface area contributed by atoms with Crippen molar-refractivity contribution in [3.63, 3.8) is 0 Å². The molecule has 4 heteroatoms. The molecular formula is C11H9FN2O. The molecular weight excluding hydrogens is 195 g/mol. The minimum atomic E-state index is -0.479. The topological polar surface area (TPSA) is 58.9 Å². The van der Waals surface area contributed by atoms with E-state index in [1.54, 1.807) is 12.1 Å². The molecule has 76 valence electrons. The minimum absolute atomic E-state index is 0.101. The Hall–Kier alpha value is -2.10. The molecule has 3 N–H and O–H groups in total. The fourth-order valence-electron chi connectivity index (χ4n) is 1.33. The Morgan fingerprint density at radius 2 is 1.87 bits per heavy atom. The third kappa shape index (κ3) is 1.88. The Balaban J connectivity index is 2.55. The number of halogens is 1. The summed E-state index contributed by atoms with van der Waals surface area (Å²) < 4.78 is 13.2. The van der Waals surface area contributed by atoms with Gasteiger partial charge >= 0.3 is 0 Å². The highest BCUT2D eigenvalue weighted by atomic mass is 19.1. The smallest absolute Gasteiger partial charge is 0.248 e. The molecule has 15 heavy (non-hydrogen) atoms. The molecule has 0 aliphatic carbocycles. The number of nitrogens with two attached hydrogens (primary N) is 1. The van der Waals surface area contributed by atoms with E-state index in [1.165, 1.54) is 24.4 Å². The summed E-state index contributed by atoms with van der Waals surface area (Å²) in [4.78, 5) is 13.5. The zero-order valence-corrected chi connectivity index (χ0v) is 7.83. The quantitative estimate of drug-likeness (QED) is 0.695. The van der Waals surface area contributed by atoms with Gasteiger partial charge in [-0.1, -0.05) is 6.07 Å². The molecule has 0 radical (unpaired) electrons. The van der Waals surface area contributed by atoms with Crippen LogP contribution in [0.25, 0.3) is 11.1 Å². The number of hydrogen-bond donors (Lipinski definition) is 2. The summed E-state index contributed by atoms with van der Waals surface area (Å²) in [6.07, 6.45) is 1.52. The van der Waals surface area contributed by atoms with Crippen molar-refractivity contribution in [2.75, 3.05) is 5.73 Å². The number of rotatable bonds is 1. The second kappa shape index (κ2) is 3.57. The lowest BCUT2D eigenvalue weighted by molar-refractivity contribution is 0.633. The van der Waals surface area contributed by atoms with Crippen LogP contribution >= 0.6 is 0 Å². The summed E-state index contributed by atoms with van der Waals surface area (Å²) >= 11 is 0. The summed E-state index contributed by atoms with van der Waals surface area (Å²) in [5, 5.41) is 0. The van der Waals surface area contributed by atoms with Crippen LogP contribution in [-0.2, 0) is 0 Å². The molecule has 1 aromatic carbocycles. The fourth-order valence-corrected chi connectivity index (χ4v) is 1.33. The van der Waals surface area contributed by atoms with Crippen molar-refractivity contribution in [1.82, 2.24) is 4.98 Å².